The standard InChI is InChI=1S/C28H24N6O5S/c1-28(2,17-8-4-3-5-9-17)32-25(37)21-14-19-22(33-34(27(38)39)26(19)40-21)31-24(36)18-10-6-7-11-20(18)30-23(35)16-12-13-29-15-16/h3-15,29H,1-2H3,(H,30,35)(H,32,37)(H,38,39)(H,31,33,36). The third kappa shape index (κ3) is 5.20. The van der Waals surface area contributed by atoms with Crippen molar-refractivity contribution in [1.29, 1.82) is 0 Å². The molecule has 202 valence electrons. The van der Waals surface area contributed by atoms with E-state index in [4.69, 9.17) is 0 Å². The van der Waals surface area contributed by atoms with Crippen molar-refractivity contribution < 1.29 is 24.3 Å². The first kappa shape index (κ1) is 26.4. The van der Waals surface area contributed by atoms with Crippen LogP contribution in [0.2, 0.25) is 0 Å². The number of rotatable bonds is 7. The number of carbonyl (C=O) groups is 4. The van der Waals surface area contributed by atoms with Gasteiger partial charge in [-0.25, -0.2) is 4.79 Å². The van der Waals surface area contributed by atoms with Crippen molar-refractivity contribution in [3.8, 4) is 0 Å². The molecule has 40 heavy (non-hydrogen) atoms. The summed E-state index contributed by atoms with van der Waals surface area (Å²) in [6.07, 6.45) is 1.76. The number of thiophene rings is 1. The molecule has 12 heteroatoms. The molecule has 0 radical (unpaired) electrons. The van der Waals surface area contributed by atoms with Crippen LogP contribution >= 0.6 is 11.3 Å². The number of para-hydroxylation sites is 1. The molecule has 5 rings (SSSR count). The highest BCUT2D eigenvalue weighted by molar-refractivity contribution is 7.20. The van der Waals surface area contributed by atoms with Gasteiger partial charge in [0.2, 0.25) is 0 Å². The lowest BCUT2D eigenvalue weighted by Gasteiger charge is -2.26. The van der Waals surface area contributed by atoms with Crippen molar-refractivity contribution in [1.82, 2.24) is 20.1 Å². The fraction of sp³-hybridized carbons (Fsp3) is 0.107. The van der Waals surface area contributed by atoms with E-state index in [0.717, 1.165) is 16.9 Å². The third-order valence-electron chi connectivity index (χ3n) is 6.20. The second-order valence-corrected chi connectivity index (χ2v) is 10.4. The maximum atomic E-state index is 13.3. The number of carboxylic acid groups (broad SMARTS) is 1. The Labute approximate surface area is 231 Å². The largest absolute Gasteiger partial charge is 0.463 e. The Balaban J connectivity index is 1.42. The van der Waals surface area contributed by atoms with Gasteiger partial charge in [-0.05, 0) is 43.7 Å². The molecule has 0 aliphatic rings. The normalized spacial score (nSPS) is 11.2. The monoisotopic (exact) mass is 556 g/mol. The summed E-state index contributed by atoms with van der Waals surface area (Å²) < 4.78 is 0.717. The molecule has 0 bridgehead atoms. The Kier molecular flexibility index (Phi) is 6.92. The first-order valence-electron chi connectivity index (χ1n) is 12.1. The average molecular weight is 557 g/mol. The second kappa shape index (κ2) is 10.5. The molecule has 5 aromatic rings. The number of fused-ring (bicyclic) bond motifs is 1. The molecule has 2 aromatic carbocycles. The predicted molar refractivity (Wildman–Crippen MR) is 151 cm³/mol. The lowest BCUT2D eigenvalue weighted by atomic mass is 9.94. The zero-order chi connectivity index (χ0) is 28.4. The summed E-state index contributed by atoms with van der Waals surface area (Å²) in [7, 11) is 0. The number of anilines is 2. The maximum Gasteiger partial charge on any atom is 0.433 e. The summed E-state index contributed by atoms with van der Waals surface area (Å²) in [6, 6.07) is 18.9. The number of amides is 3. The summed E-state index contributed by atoms with van der Waals surface area (Å²) in [5.41, 5.74) is 0.989. The molecule has 0 spiro atoms. The molecule has 3 amide bonds. The predicted octanol–water partition coefficient (Wildman–Crippen LogP) is 5.12. The molecule has 5 N–H and O–H groups in total. The summed E-state index contributed by atoms with van der Waals surface area (Å²) in [4.78, 5) is 54.1. The summed E-state index contributed by atoms with van der Waals surface area (Å²) in [5, 5.41) is 22.4. The van der Waals surface area contributed by atoms with Crippen LogP contribution in [0.5, 0.6) is 0 Å². The molecule has 11 nitrogen and oxygen atoms in total. The van der Waals surface area contributed by atoms with Gasteiger partial charge in [-0.15, -0.1) is 16.4 Å². The van der Waals surface area contributed by atoms with Crippen LogP contribution in [0.25, 0.3) is 10.2 Å². The minimum absolute atomic E-state index is 0.0354. The number of nitrogens with zero attached hydrogens (tertiary/aromatic N) is 2. The van der Waals surface area contributed by atoms with Gasteiger partial charge in [0.25, 0.3) is 17.7 Å². The van der Waals surface area contributed by atoms with E-state index in [0.29, 0.717) is 10.2 Å². The lowest BCUT2D eigenvalue weighted by molar-refractivity contribution is 0.0915. The van der Waals surface area contributed by atoms with Crippen molar-refractivity contribution in [2.24, 2.45) is 0 Å². The minimum atomic E-state index is -1.37. The Morgan fingerprint density at radius 1 is 0.925 bits per heavy atom. The molecule has 3 heterocycles. The summed E-state index contributed by atoms with van der Waals surface area (Å²) >= 11 is 0.946. The number of aromatic nitrogens is 3. The highest BCUT2D eigenvalue weighted by Crippen LogP contribution is 2.33. The van der Waals surface area contributed by atoms with E-state index in [9.17, 15) is 24.3 Å². The molecular weight excluding hydrogens is 532 g/mol. The summed E-state index contributed by atoms with van der Waals surface area (Å²) in [5.74, 6) is -1.47. The fourth-order valence-electron chi connectivity index (χ4n) is 4.14. The van der Waals surface area contributed by atoms with E-state index in [1.54, 1.807) is 30.5 Å². The number of carbonyl (C=O) groups excluding carboxylic acids is 3. The highest BCUT2D eigenvalue weighted by Gasteiger charge is 2.27. The van der Waals surface area contributed by atoms with Gasteiger partial charge in [-0.3, -0.25) is 14.4 Å². The highest BCUT2D eigenvalue weighted by atomic mass is 32.1. The van der Waals surface area contributed by atoms with Crippen LogP contribution in [-0.4, -0.2) is 43.7 Å². The summed E-state index contributed by atoms with van der Waals surface area (Å²) in [6.45, 7) is 3.73. The molecule has 0 fully saturated rings. The number of H-pyrrole nitrogens is 1. The number of benzene rings is 2. The van der Waals surface area contributed by atoms with E-state index in [-0.39, 0.29) is 32.2 Å². The van der Waals surface area contributed by atoms with E-state index >= 15 is 0 Å². The zero-order valence-electron chi connectivity index (χ0n) is 21.4. The van der Waals surface area contributed by atoms with Gasteiger partial charge in [0.1, 0.15) is 4.83 Å². The lowest BCUT2D eigenvalue weighted by Crippen LogP contribution is -2.40. The first-order chi connectivity index (χ1) is 19.1. The van der Waals surface area contributed by atoms with Gasteiger partial charge in [0, 0.05) is 12.4 Å². The van der Waals surface area contributed by atoms with Crippen LogP contribution in [-0.2, 0) is 5.54 Å². The SMILES string of the molecule is CC(C)(NC(=O)c1cc2c(NC(=O)c3ccccc3NC(=O)c3cc[nH]c3)nn(C(=O)O)c2s1)c1ccccc1. The van der Waals surface area contributed by atoms with Crippen LogP contribution in [0, 0.1) is 0 Å². The molecule has 0 saturated heterocycles. The van der Waals surface area contributed by atoms with Crippen LogP contribution in [0.4, 0.5) is 16.3 Å². The van der Waals surface area contributed by atoms with E-state index in [1.165, 1.54) is 18.3 Å². The van der Waals surface area contributed by atoms with Gasteiger partial charge >= 0.3 is 6.09 Å². The van der Waals surface area contributed by atoms with Crippen molar-refractivity contribution >= 4 is 56.9 Å². The Morgan fingerprint density at radius 2 is 1.65 bits per heavy atom. The minimum Gasteiger partial charge on any atom is -0.463 e. The van der Waals surface area contributed by atoms with Crippen molar-refractivity contribution in [2.75, 3.05) is 10.6 Å². The maximum absolute atomic E-state index is 13.3. The molecule has 0 atom stereocenters. The number of aromatic amines is 1. The Hall–Kier alpha value is -5.23. The smallest absolute Gasteiger partial charge is 0.433 e. The van der Waals surface area contributed by atoms with E-state index in [1.807, 2.05) is 44.2 Å². The number of hydrogen-bond acceptors (Lipinski definition) is 6. The molecule has 0 unspecified atom stereocenters. The number of nitrogens with one attached hydrogen (secondary N) is 4. The van der Waals surface area contributed by atoms with Gasteiger partial charge in [0.05, 0.1) is 32.6 Å². The average Bonchev–Trinajstić information content (AvgIpc) is 3.68. The Morgan fingerprint density at radius 3 is 2.35 bits per heavy atom. The van der Waals surface area contributed by atoms with Crippen molar-refractivity contribution in [3.63, 3.8) is 0 Å². The van der Waals surface area contributed by atoms with E-state index in [2.05, 4.69) is 26.0 Å². The van der Waals surface area contributed by atoms with E-state index < -0.39 is 29.4 Å². The van der Waals surface area contributed by atoms with Crippen LogP contribution in [0.15, 0.2) is 79.1 Å². The van der Waals surface area contributed by atoms with Crippen LogP contribution in [0.3, 0.4) is 0 Å². The molecule has 3 aromatic heterocycles. The number of hydrogen-bond donors (Lipinski definition) is 5. The topological polar surface area (TPSA) is 158 Å². The van der Waals surface area contributed by atoms with Gasteiger partial charge in [-0.1, -0.05) is 42.5 Å². The van der Waals surface area contributed by atoms with Crippen LogP contribution < -0.4 is 16.0 Å². The van der Waals surface area contributed by atoms with Crippen LogP contribution in [0.1, 0.15) is 49.8 Å². The van der Waals surface area contributed by atoms with Gasteiger partial charge in [-0.2, -0.15) is 4.68 Å². The third-order valence-corrected chi connectivity index (χ3v) is 7.31. The first-order valence-corrected chi connectivity index (χ1v) is 12.9. The molecule has 0 aliphatic carbocycles. The molecule has 0 saturated carbocycles. The van der Waals surface area contributed by atoms with Crippen molar-refractivity contribution in [2.45, 2.75) is 19.4 Å². The molecular formula is C28H24N6O5S. The molecule has 0 aliphatic heterocycles. The van der Waals surface area contributed by atoms with Crippen molar-refractivity contribution in [3.05, 3.63) is 101 Å². The fourth-order valence-corrected chi connectivity index (χ4v) is 5.14. The Bertz CT molecular complexity index is 1740. The van der Waals surface area contributed by atoms with Gasteiger partial charge < -0.3 is 26.0 Å². The quantitative estimate of drug-likeness (QED) is 0.187. The zero-order valence-corrected chi connectivity index (χ0v) is 22.2. The second-order valence-electron chi connectivity index (χ2n) is 9.37. The van der Waals surface area contributed by atoms with Gasteiger partial charge in [0.15, 0.2) is 5.82 Å².